The summed E-state index contributed by atoms with van der Waals surface area (Å²) in [5, 5.41) is 2.33. The van der Waals surface area contributed by atoms with Crippen molar-refractivity contribution in [2.75, 3.05) is 7.11 Å². The molecular weight excluding hydrogens is 365 g/mol. The fourth-order valence-corrected chi connectivity index (χ4v) is 2.37. The first-order valence-corrected chi connectivity index (χ1v) is 7.77. The third kappa shape index (κ3) is 6.21. The Labute approximate surface area is 153 Å². The number of ether oxygens (including phenoxy) is 2. The van der Waals surface area contributed by atoms with Gasteiger partial charge in [-0.25, -0.2) is 4.79 Å². The van der Waals surface area contributed by atoms with E-state index >= 15 is 0 Å². The van der Waals surface area contributed by atoms with Crippen molar-refractivity contribution in [1.29, 1.82) is 0 Å². The zero-order chi connectivity index (χ0) is 20.0. The smallest absolute Gasteiger partial charge is 0.453 e. The number of hydrogen-bond donors (Lipinski definition) is 2. The molecule has 0 aliphatic rings. The SMILES string of the molecule is COC(=O)N[C@@H](Cc1ccc(-c2cccc(OC(F)(F)F)c2)cc1)C(N)=O. The first kappa shape index (κ1) is 20.1. The van der Waals surface area contributed by atoms with E-state index in [1.54, 1.807) is 30.3 Å². The van der Waals surface area contributed by atoms with Crippen LogP contribution in [0.2, 0.25) is 0 Å². The molecule has 0 bridgehead atoms. The third-order valence-electron chi connectivity index (χ3n) is 3.62. The van der Waals surface area contributed by atoms with E-state index in [-0.39, 0.29) is 12.2 Å². The molecule has 2 aromatic rings. The number of methoxy groups -OCH3 is 1. The number of nitrogens with two attached hydrogens (primary N) is 1. The Hall–Kier alpha value is -3.23. The topological polar surface area (TPSA) is 90.7 Å². The molecule has 2 rings (SSSR count). The summed E-state index contributed by atoms with van der Waals surface area (Å²) in [5.74, 6) is -1.04. The summed E-state index contributed by atoms with van der Waals surface area (Å²) in [6.45, 7) is 0. The first-order chi connectivity index (χ1) is 12.7. The van der Waals surface area contributed by atoms with Gasteiger partial charge in [0.05, 0.1) is 7.11 Å². The average molecular weight is 382 g/mol. The van der Waals surface area contributed by atoms with Gasteiger partial charge in [0.15, 0.2) is 0 Å². The zero-order valence-electron chi connectivity index (χ0n) is 14.2. The van der Waals surface area contributed by atoms with E-state index < -0.39 is 24.4 Å². The van der Waals surface area contributed by atoms with Crippen LogP contribution in [0.25, 0.3) is 11.1 Å². The minimum absolute atomic E-state index is 0.141. The second kappa shape index (κ2) is 8.43. The van der Waals surface area contributed by atoms with Crippen LogP contribution in [0.15, 0.2) is 48.5 Å². The normalized spacial score (nSPS) is 12.1. The average Bonchev–Trinajstić information content (AvgIpc) is 2.60. The summed E-state index contributed by atoms with van der Waals surface area (Å²) in [6, 6.07) is 11.3. The maximum Gasteiger partial charge on any atom is 0.573 e. The Balaban J connectivity index is 2.14. The first-order valence-electron chi connectivity index (χ1n) is 7.77. The Morgan fingerprint density at radius 2 is 1.78 bits per heavy atom. The van der Waals surface area contributed by atoms with Gasteiger partial charge in [-0.1, -0.05) is 36.4 Å². The molecular formula is C18H17F3N2O4. The molecule has 2 amide bonds. The molecule has 6 nitrogen and oxygen atoms in total. The molecule has 0 unspecified atom stereocenters. The lowest BCUT2D eigenvalue weighted by Crippen LogP contribution is -2.45. The highest BCUT2D eigenvalue weighted by Crippen LogP contribution is 2.28. The van der Waals surface area contributed by atoms with Gasteiger partial charge in [0.1, 0.15) is 11.8 Å². The van der Waals surface area contributed by atoms with Gasteiger partial charge < -0.3 is 20.5 Å². The second-order valence-electron chi connectivity index (χ2n) is 5.57. The van der Waals surface area contributed by atoms with Crippen LogP contribution in [0, 0.1) is 0 Å². The summed E-state index contributed by atoms with van der Waals surface area (Å²) < 4.78 is 45.3. The van der Waals surface area contributed by atoms with Crippen LogP contribution in [-0.2, 0) is 16.0 Å². The van der Waals surface area contributed by atoms with E-state index in [9.17, 15) is 22.8 Å². The van der Waals surface area contributed by atoms with Crippen molar-refractivity contribution in [2.45, 2.75) is 18.8 Å². The van der Waals surface area contributed by atoms with E-state index in [0.29, 0.717) is 16.7 Å². The highest BCUT2D eigenvalue weighted by molar-refractivity contribution is 5.84. The van der Waals surface area contributed by atoms with Gasteiger partial charge in [0, 0.05) is 6.42 Å². The number of rotatable bonds is 6. The molecule has 2 aromatic carbocycles. The second-order valence-corrected chi connectivity index (χ2v) is 5.57. The van der Waals surface area contributed by atoms with Crippen molar-refractivity contribution in [3.8, 4) is 16.9 Å². The highest BCUT2D eigenvalue weighted by atomic mass is 19.4. The molecule has 0 saturated heterocycles. The Bertz CT molecular complexity index is 807. The molecule has 0 aliphatic carbocycles. The van der Waals surface area contributed by atoms with Gasteiger partial charge >= 0.3 is 12.5 Å². The maximum atomic E-state index is 12.3. The number of nitrogens with one attached hydrogen (secondary N) is 1. The predicted molar refractivity (Wildman–Crippen MR) is 90.8 cm³/mol. The molecule has 0 radical (unpaired) electrons. The summed E-state index contributed by atoms with van der Waals surface area (Å²) in [7, 11) is 1.17. The van der Waals surface area contributed by atoms with Crippen LogP contribution in [0.1, 0.15) is 5.56 Å². The van der Waals surface area contributed by atoms with Crippen molar-refractivity contribution in [2.24, 2.45) is 5.73 Å². The number of benzene rings is 2. The van der Waals surface area contributed by atoms with E-state index in [1.807, 2.05) is 0 Å². The Kier molecular flexibility index (Phi) is 6.27. The number of carbonyl (C=O) groups is 2. The lowest BCUT2D eigenvalue weighted by atomic mass is 10.0. The molecule has 0 spiro atoms. The third-order valence-corrected chi connectivity index (χ3v) is 3.62. The summed E-state index contributed by atoms with van der Waals surface area (Å²) in [5.41, 5.74) is 7.14. The maximum absolute atomic E-state index is 12.3. The quantitative estimate of drug-likeness (QED) is 0.804. The molecule has 0 aliphatic heterocycles. The van der Waals surface area contributed by atoms with Crippen molar-refractivity contribution in [3.05, 3.63) is 54.1 Å². The van der Waals surface area contributed by atoms with Crippen LogP contribution in [0.4, 0.5) is 18.0 Å². The van der Waals surface area contributed by atoms with Crippen molar-refractivity contribution in [3.63, 3.8) is 0 Å². The molecule has 1 atom stereocenters. The van der Waals surface area contributed by atoms with E-state index in [4.69, 9.17) is 5.73 Å². The van der Waals surface area contributed by atoms with Gasteiger partial charge in [-0.05, 0) is 28.8 Å². The van der Waals surface area contributed by atoms with Crippen LogP contribution < -0.4 is 15.8 Å². The highest BCUT2D eigenvalue weighted by Gasteiger charge is 2.31. The van der Waals surface area contributed by atoms with Crippen LogP contribution in [0.3, 0.4) is 0 Å². The number of halogens is 3. The molecule has 3 N–H and O–H groups in total. The number of primary amides is 1. The van der Waals surface area contributed by atoms with Gasteiger partial charge in [0.2, 0.25) is 5.91 Å². The van der Waals surface area contributed by atoms with Gasteiger partial charge in [0.25, 0.3) is 0 Å². The lowest BCUT2D eigenvalue weighted by molar-refractivity contribution is -0.274. The molecule has 144 valence electrons. The molecule has 0 aromatic heterocycles. The predicted octanol–water partition coefficient (Wildman–Crippen LogP) is 3.00. The molecule has 9 heteroatoms. The number of amides is 2. The number of alkyl carbamates (subject to hydrolysis) is 1. The monoisotopic (exact) mass is 382 g/mol. The van der Waals surface area contributed by atoms with Crippen molar-refractivity contribution in [1.82, 2.24) is 5.32 Å². The standard InChI is InChI=1S/C18H17F3N2O4/c1-26-17(25)23-15(16(22)24)9-11-5-7-12(8-6-11)13-3-2-4-14(10-13)27-18(19,20)21/h2-8,10,15H,9H2,1H3,(H2,22,24)(H,23,25)/t15-/m0/s1. The number of carbonyl (C=O) groups excluding carboxylic acids is 2. The van der Waals surface area contributed by atoms with E-state index in [0.717, 1.165) is 0 Å². The minimum atomic E-state index is -4.76. The summed E-state index contributed by atoms with van der Waals surface area (Å²) >= 11 is 0. The zero-order valence-corrected chi connectivity index (χ0v) is 14.2. The Morgan fingerprint density at radius 1 is 1.11 bits per heavy atom. The lowest BCUT2D eigenvalue weighted by Gasteiger charge is -2.15. The van der Waals surface area contributed by atoms with Crippen LogP contribution in [0.5, 0.6) is 5.75 Å². The largest absolute Gasteiger partial charge is 0.573 e. The minimum Gasteiger partial charge on any atom is -0.453 e. The van der Waals surface area contributed by atoms with E-state index in [1.165, 1.54) is 25.3 Å². The van der Waals surface area contributed by atoms with Gasteiger partial charge in [-0.3, -0.25) is 4.79 Å². The molecule has 27 heavy (non-hydrogen) atoms. The van der Waals surface area contributed by atoms with Gasteiger partial charge in [-0.15, -0.1) is 13.2 Å². The van der Waals surface area contributed by atoms with Gasteiger partial charge in [-0.2, -0.15) is 0 Å². The summed E-state index contributed by atoms with van der Waals surface area (Å²) in [4.78, 5) is 22.7. The molecule has 0 saturated carbocycles. The molecule has 0 fully saturated rings. The van der Waals surface area contributed by atoms with E-state index in [2.05, 4.69) is 14.8 Å². The fourth-order valence-electron chi connectivity index (χ4n) is 2.37. The fraction of sp³-hybridized carbons (Fsp3) is 0.222. The summed E-state index contributed by atoms with van der Waals surface area (Å²) in [6.07, 6.45) is -5.40. The van der Waals surface area contributed by atoms with Crippen molar-refractivity contribution < 1.29 is 32.2 Å². The number of alkyl halides is 3. The molecule has 0 heterocycles. The Morgan fingerprint density at radius 3 is 2.33 bits per heavy atom. The van der Waals surface area contributed by atoms with Crippen molar-refractivity contribution >= 4 is 12.0 Å². The van der Waals surface area contributed by atoms with Crippen LogP contribution >= 0.6 is 0 Å². The number of hydrogen-bond acceptors (Lipinski definition) is 4. The van der Waals surface area contributed by atoms with Crippen LogP contribution in [-0.4, -0.2) is 31.5 Å².